The van der Waals surface area contributed by atoms with Gasteiger partial charge in [-0.05, 0) is 55.8 Å². The lowest BCUT2D eigenvalue weighted by atomic mass is 9.95. The lowest BCUT2D eigenvalue weighted by Crippen LogP contribution is -2.45. The number of halogens is 2. The van der Waals surface area contributed by atoms with E-state index in [0.29, 0.717) is 50.7 Å². The van der Waals surface area contributed by atoms with Gasteiger partial charge < -0.3 is 34.7 Å². The molecule has 1 heterocycles. The molecule has 4 rings (SSSR count). The minimum atomic E-state index is -1.19. The molecule has 1 aliphatic heterocycles. The zero-order chi connectivity index (χ0) is 31.6. The SMILES string of the molecule is CCOc1cc([C@H]2NC(=O)NC(C)=C2C(=O)OC)ccc1OC[C@@H](O)N/N=C/c1cc(Cl)ccc1OCc1ccccc1Cl. The minimum Gasteiger partial charge on any atom is -0.490 e. The Morgan fingerprint density at radius 2 is 1.84 bits per heavy atom. The number of aliphatic hydroxyl groups is 1. The van der Waals surface area contributed by atoms with Crippen LogP contribution in [0.4, 0.5) is 4.79 Å². The minimum absolute atomic E-state index is 0.182. The molecule has 0 saturated carbocycles. The van der Waals surface area contributed by atoms with Gasteiger partial charge in [0.05, 0.1) is 31.5 Å². The first-order valence-corrected chi connectivity index (χ1v) is 14.3. The number of carbonyl (C=O) groups is 2. The number of carbonyl (C=O) groups excluding carboxylic acids is 2. The zero-order valence-electron chi connectivity index (χ0n) is 24.2. The summed E-state index contributed by atoms with van der Waals surface area (Å²) >= 11 is 12.4. The van der Waals surface area contributed by atoms with Crippen LogP contribution in [0.2, 0.25) is 10.0 Å². The maximum absolute atomic E-state index is 12.4. The average Bonchev–Trinajstić information content (AvgIpc) is 3.00. The van der Waals surface area contributed by atoms with E-state index in [4.69, 9.17) is 42.1 Å². The number of hydrogen-bond acceptors (Lipinski definition) is 9. The summed E-state index contributed by atoms with van der Waals surface area (Å²) < 4.78 is 22.4. The molecule has 232 valence electrons. The van der Waals surface area contributed by atoms with Crippen molar-refractivity contribution in [2.24, 2.45) is 5.10 Å². The van der Waals surface area contributed by atoms with Crippen molar-refractivity contribution in [1.29, 1.82) is 0 Å². The van der Waals surface area contributed by atoms with Crippen molar-refractivity contribution >= 4 is 41.4 Å². The molecule has 0 radical (unpaired) electrons. The van der Waals surface area contributed by atoms with Gasteiger partial charge in [0.1, 0.15) is 19.0 Å². The molecular formula is C31H32Cl2N4O7. The predicted octanol–water partition coefficient (Wildman–Crippen LogP) is 5.09. The molecule has 0 aliphatic carbocycles. The van der Waals surface area contributed by atoms with Crippen molar-refractivity contribution in [2.75, 3.05) is 20.3 Å². The average molecular weight is 644 g/mol. The highest BCUT2D eigenvalue weighted by Crippen LogP contribution is 2.35. The molecule has 3 aromatic carbocycles. The molecule has 1 aliphatic rings. The summed E-state index contributed by atoms with van der Waals surface area (Å²) in [5.74, 6) is 0.642. The van der Waals surface area contributed by atoms with Crippen LogP contribution in [0.5, 0.6) is 17.2 Å². The first kappa shape index (κ1) is 32.5. The maximum atomic E-state index is 12.4. The zero-order valence-corrected chi connectivity index (χ0v) is 25.7. The van der Waals surface area contributed by atoms with E-state index in [1.807, 2.05) is 18.2 Å². The van der Waals surface area contributed by atoms with E-state index in [1.165, 1.54) is 13.3 Å². The van der Waals surface area contributed by atoms with Crippen LogP contribution in [0, 0.1) is 0 Å². The fraction of sp³-hybridized carbons (Fsp3) is 0.258. The van der Waals surface area contributed by atoms with Gasteiger partial charge in [-0.3, -0.25) is 5.43 Å². The number of nitrogens with one attached hydrogen (secondary N) is 3. The van der Waals surface area contributed by atoms with E-state index in [-0.39, 0.29) is 18.8 Å². The van der Waals surface area contributed by atoms with Crippen molar-refractivity contribution in [2.45, 2.75) is 32.7 Å². The lowest BCUT2D eigenvalue weighted by Gasteiger charge is -2.28. The molecule has 2 amide bonds. The number of urea groups is 1. The van der Waals surface area contributed by atoms with Gasteiger partial charge in [0, 0.05) is 26.9 Å². The number of amides is 2. The van der Waals surface area contributed by atoms with Gasteiger partial charge in [0.2, 0.25) is 0 Å². The molecule has 0 bridgehead atoms. The third-order valence-electron chi connectivity index (χ3n) is 6.41. The Hall–Kier alpha value is -4.45. The number of hydrogen-bond donors (Lipinski definition) is 4. The summed E-state index contributed by atoms with van der Waals surface area (Å²) in [6, 6.07) is 16.2. The number of hydrazone groups is 1. The van der Waals surface area contributed by atoms with Gasteiger partial charge in [-0.1, -0.05) is 47.5 Å². The fourth-order valence-corrected chi connectivity index (χ4v) is 4.71. The second-order valence-corrected chi connectivity index (χ2v) is 10.3. The summed E-state index contributed by atoms with van der Waals surface area (Å²) in [5, 5.41) is 21.0. The Bertz CT molecular complexity index is 1560. The monoisotopic (exact) mass is 642 g/mol. The van der Waals surface area contributed by atoms with E-state index in [2.05, 4.69) is 21.2 Å². The first-order chi connectivity index (χ1) is 21.2. The molecule has 0 saturated heterocycles. The molecule has 0 fully saturated rings. The van der Waals surface area contributed by atoms with Crippen molar-refractivity contribution in [3.05, 3.63) is 98.7 Å². The summed E-state index contributed by atoms with van der Waals surface area (Å²) in [5.41, 5.74) is 5.24. The third-order valence-corrected chi connectivity index (χ3v) is 7.02. The molecule has 13 heteroatoms. The largest absolute Gasteiger partial charge is 0.490 e. The van der Waals surface area contributed by atoms with Crippen molar-refractivity contribution in [1.82, 2.24) is 16.1 Å². The number of ether oxygens (including phenoxy) is 4. The number of methoxy groups -OCH3 is 1. The Labute approximate surface area is 264 Å². The smallest absolute Gasteiger partial charge is 0.337 e. The van der Waals surface area contributed by atoms with Crippen LogP contribution in [-0.2, 0) is 16.1 Å². The van der Waals surface area contributed by atoms with E-state index >= 15 is 0 Å². The van der Waals surface area contributed by atoms with Gasteiger partial charge >= 0.3 is 12.0 Å². The highest BCUT2D eigenvalue weighted by molar-refractivity contribution is 6.31. The summed E-state index contributed by atoms with van der Waals surface area (Å²) in [7, 11) is 1.27. The Morgan fingerprint density at radius 1 is 1.07 bits per heavy atom. The third kappa shape index (κ3) is 8.34. The van der Waals surface area contributed by atoms with Gasteiger partial charge in [-0.2, -0.15) is 5.10 Å². The van der Waals surface area contributed by atoms with Crippen LogP contribution in [0.25, 0.3) is 0 Å². The molecule has 0 aromatic heterocycles. The van der Waals surface area contributed by atoms with Crippen LogP contribution in [0.1, 0.15) is 36.6 Å². The highest BCUT2D eigenvalue weighted by Gasteiger charge is 2.32. The molecule has 3 aromatic rings. The number of benzene rings is 3. The van der Waals surface area contributed by atoms with E-state index in [0.717, 1.165) is 5.56 Å². The quantitative estimate of drug-likeness (QED) is 0.0875. The fourth-order valence-electron chi connectivity index (χ4n) is 4.34. The topological polar surface area (TPSA) is 140 Å². The van der Waals surface area contributed by atoms with Gasteiger partial charge in [-0.25, -0.2) is 9.59 Å². The van der Waals surface area contributed by atoms with E-state index < -0.39 is 24.3 Å². The van der Waals surface area contributed by atoms with E-state index in [9.17, 15) is 14.7 Å². The van der Waals surface area contributed by atoms with Gasteiger partial charge in [-0.15, -0.1) is 0 Å². The normalized spacial score (nSPS) is 15.3. The number of rotatable bonds is 13. The van der Waals surface area contributed by atoms with Crippen LogP contribution in [0.3, 0.4) is 0 Å². The van der Waals surface area contributed by atoms with Crippen LogP contribution < -0.4 is 30.3 Å². The molecule has 44 heavy (non-hydrogen) atoms. The number of nitrogens with zero attached hydrogens (tertiary/aromatic N) is 1. The molecule has 0 unspecified atom stereocenters. The Balaban J connectivity index is 1.41. The molecule has 2 atom stereocenters. The number of allylic oxidation sites excluding steroid dienone is 1. The Kier molecular flexibility index (Phi) is 11.3. The highest BCUT2D eigenvalue weighted by atomic mass is 35.5. The molecular weight excluding hydrogens is 611 g/mol. The van der Waals surface area contributed by atoms with Gasteiger partial charge in [0.25, 0.3) is 0 Å². The molecule has 0 spiro atoms. The lowest BCUT2D eigenvalue weighted by molar-refractivity contribution is -0.136. The Morgan fingerprint density at radius 3 is 2.59 bits per heavy atom. The van der Waals surface area contributed by atoms with Crippen LogP contribution in [-0.4, -0.2) is 49.9 Å². The summed E-state index contributed by atoms with van der Waals surface area (Å²) in [4.78, 5) is 24.6. The molecule has 4 N–H and O–H groups in total. The number of aliphatic hydroxyl groups excluding tert-OH is 1. The van der Waals surface area contributed by atoms with Crippen molar-refractivity contribution < 1.29 is 33.6 Å². The summed E-state index contributed by atoms with van der Waals surface area (Å²) in [6.07, 6.45) is 0.284. The number of esters is 1. The van der Waals surface area contributed by atoms with Crippen LogP contribution in [0.15, 0.2) is 77.0 Å². The van der Waals surface area contributed by atoms with Crippen molar-refractivity contribution in [3.8, 4) is 17.2 Å². The van der Waals surface area contributed by atoms with Gasteiger partial charge in [0.15, 0.2) is 17.7 Å². The second-order valence-electron chi connectivity index (χ2n) is 9.48. The molecule has 11 nitrogen and oxygen atoms in total. The predicted molar refractivity (Wildman–Crippen MR) is 166 cm³/mol. The van der Waals surface area contributed by atoms with Crippen molar-refractivity contribution in [3.63, 3.8) is 0 Å². The standard InChI is InChI=1S/C31H32Cl2N4O7/c1-4-42-26-14-19(29-28(30(39)41-3)18(2)35-31(40)36-29)9-11-25(26)44-17-27(38)37-34-15-21-13-22(32)10-12-24(21)43-16-20-7-5-6-8-23(20)33/h5-15,27,29,37-38H,4,16-17H2,1-3H3,(H2,35,36,40)/b34-15+/t27-,29-/m1/s1. The van der Waals surface area contributed by atoms with Crippen LogP contribution >= 0.6 is 23.2 Å². The maximum Gasteiger partial charge on any atom is 0.337 e. The van der Waals surface area contributed by atoms with E-state index in [1.54, 1.807) is 56.3 Å². The second kappa shape index (κ2) is 15.3. The summed E-state index contributed by atoms with van der Waals surface area (Å²) in [6.45, 7) is 3.81. The first-order valence-electron chi connectivity index (χ1n) is 13.6.